The smallest absolute Gasteiger partial charge is 0.343 e. The predicted octanol–water partition coefficient (Wildman–Crippen LogP) is 4.58. The van der Waals surface area contributed by atoms with E-state index in [1.54, 1.807) is 31.2 Å². The normalized spacial score (nSPS) is 11.1. The van der Waals surface area contributed by atoms with Crippen molar-refractivity contribution in [3.63, 3.8) is 0 Å². The summed E-state index contributed by atoms with van der Waals surface area (Å²) in [5.74, 6) is -1.10. The molecule has 0 radical (unpaired) electrons. The van der Waals surface area contributed by atoms with E-state index in [1.807, 2.05) is 18.2 Å². The summed E-state index contributed by atoms with van der Waals surface area (Å²) in [5.41, 5.74) is 1.53. The molecular weight excluding hydrogens is 362 g/mol. The average Bonchev–Trinajstić information content (AvgIpc) is 2.68. The zero-order valence-electron chi connectivity index (χ0n) is 15.4. The molecule has 4 nitrogen and oxygen atoms in total. The Kier molecular flexibility index (Phi) is 8.59. The van der Waals surface area contributed by atoms with Crippen LogP contribution in [-0.2, 0) is 16.0 Å². The monoisotopic (exact) mass is 385 g/mol. The Balaban J connectivity index is 1.94. The molecule has 142 valence electrons. The number of hydrogen-bond donors (Lipinski definition) is 1. The highest BCUT2D eigenvalue weighted by atomic mass is 35.5. The third-order valence-electron chi connectivity index (χ3n) is 3.98. The molecule has 0 unspecified atom stereocenters. The summed E-state index contributed by atoms with van der Waals surface area (Å²) < 4.78 is 5.01. The van der Waals surface area contributed by atoms with Crippen LogP contribution < -0.4 is 5.32 Å². The molecule has 0 spiro atoms. The fourth-order valence-corrected chi connectivity index (χ4v) is 2.81. The zero-order chi connectivity index (χ0) is 19.5. The molecule has 2 aromatic carbocycles. The largest absolute Gasteiger partial charge is 0.462 e. The number of rotatable bonds is 10. The van der Waals surface area contributed by atoms with Crippen LogP contribution in [0.5, 0.6) is 0 Å². The van der Waals surface area contributed by atoms with E-state index in [0.29, 0.717) is 11.6 Å². The van der Waals surface area contributed by atoms with Gasteiger partial charge in [0.25, 0.3) is 0 Å². The Labute approximate surface area is 165 Å². The lowest BCUT2D eigenvalue weighted by Crippen LogP contribution is -2.20. The molecular formula is C22H24ClNO3. The van der Waals surface area contributed by atoms with Crippen molar-refractivity contribution in [2.45, 2.75) is 26.2 Å². The number of unbranched alkanes of at least 4 members (excludes halogenated alkanes) is 1. The number of ketones is 1. The molecule has 2 aromatic rings. The van der Waals surface area contributed by atoms with Crippen LogP contribution in [0.4, 0.5) is 0 Å². The van der Waals surface area contributed by atoms with Crippen LogP contribution >= 0.6 is 11.6 Å². The second-order valence-electron chi connectivity index (χ2n) is 5.98. The van der Waals surface area contributed by atoms with Gasteiger partial charge in [0.1, 0.15) is 5.57 Å². The average molecular weight is 386 g/mol. The number of aryl methyl sites for hydroxylation is 1. The molecule has 0 bridgehead atoms. The summed E-state index contributed by atoms with van der Waals surface area (Å²) in [6.07, 6.45) is 4.36. The summed E-state index contributed by atoms with van der Waals surface area (Å²) in [6.45, 7) is 2.56. The minimum atomic E-state index is -0.654. The molecule has 0 amide bonds. The van der Waals surface area contributed by atoms with Crippen molar-refractivity contribution in [1.82, 2.24) is 5.32 Å². The van der Waals surface area contributed by atoms with Gasteiger partial charge in [-0.25, -0.2) is 4.79 Å². The van der Waals surface area contributed by atoms with E-state index in [9.17, 15) is 9.59 Å². The summed E-state index contributed by atoms with van der Waals surface area (Å²) in [6, 6.07) is 16.9. The lowest BCUT2D eigenvalue weighted by Gasteiger charge is -2.09. The first-order chi connectivity index (χ1) is 13.1. The van der Waals surface area contributed by atoms with Gasteiger partial charge in [-0.05, 0) is 43.9 Å². The highest BCUT2D eigenvalue weighted by Gasteiger charge is 2.22. The highest BCUT2D eigenvalue weighted by Crippen LogP contribution is 2.19. The van der Waals surface area contributed by atoms with Crippen LogP contribution in [0, 0.1) is 0 Å². The van der Waals surface area contributed by atoms with Crippen LogP contribution in [0.3, 0.4) is 0 Å². The third-order valence-corrected chi connectivity index (χ3v) is 4.31. The Morgan fingerprint density at radius 2 is 1.74 bits per heavy atom. The van der Waals surface area contributed by atoms with Crippen molar-refractivity contribution >= 4 is 23.4 Å². The van der Waals surface area contributed by atoms with E-state index >= 15 is 0 Å². The molecule has 0 saturated carbocycles. The van der Waals surface area contributed by atoms with Gasteiger partial charge < -0.3 is 10.1 Å². The number of Topliss-reactive ketones (excluding diaryl/α,β-unsaturated/α-hetero) is 1. The third kappa shape index (κ3) is 6.57. The number of nitrogens with one attached hydrogen (secondary N) is 1. The topological polar surface area (TPSA) is 55.4 Å². The van der Waals surface area contributed by atoms with E-state index in [0.717, 1.165) is 19.3 Å². The Morgan fingerprint density at radius 3 is 2.44 bits per heavy atom. The maximum absolute atomic E-state index is 12.7. The molecule has 2 rings (SSSR count). The van der Waals surface area contributed by atoms with Crippen LogP contribution in [0.15, 0.2) is 66.4 Å². The number of esters is 1. The first kappa shape index (κ1) is 20.7. The molecule has 0 aromatic heterocycles. The van der Waals surface area contributed by atoms with Crippen LogP contribution in [-0.4, -0.2) is 24.9 Å². The number of benzene rings is 2. The number of carbonyl (C=O) groups is 2. The maximum Gasteiger partial charge on any atom is 0.343 e. The van der Waals surface area contributed by atoms with Gasteiger partial charge in [0.15, 0.2) is 0 Å². The molecule has 1 N–H and O–H groups in total. The second-order valence-corrected chi connectivity index (χ2v) is 6.39. The summed E-state index contributed by atoms with van der Waals surface area (Å²) in [5, 5.41) is 3.36. The first-order valence-corrected chi connectivity index (χ1v) is 9.45. The van der Waals surface area contributed by atoms with Gasteiger partial charge in [-0.1, -0.05) is 54.1 Å². The van der Waals surface area contributed by atoms with E-state index in [1.165, 1.54) is 11.8 Å². The van der Waals surface area contributed by atoms with Crippen molar-refractivity contribution < 1.29 is 14.3 Å². The molecule has 5 heteroatoms. The van der Waals surface area contributed by atoms with Gasteiger partial charge in [-0.2, -0.15) is 0 Å². The van der Waals surface area contributed by atoms with Gasteiger partial charge in [-0.3, -0.25) is 4.79 Å². The molecule has 0 fully saturated rings. The van der Waals surface area contributed by atoms with Crippen molar-refractivity contribution in [3.05, 3.63) is 82.5 Å². The highest BCUT2D eigenvalue weighted by molar-refractivity contribution is 6.36. The molecule has 0 heterocycles. The maximum atomic E-state index is 12.7. The van der Waals surface area contributed by atoms with Crippen LogP contribution in [0.25, 0.3) is 0 Å². The standard InChI is InChI=1S/C22H24ClNO3/c1-2-27-22(26)19(21(25)18-13-6-7-14-20(18)23)16-24-15-9-8-12-17-10-4-3-5-11-17/h3-7,10-11,13-14,16,24H,2,8-9,12,15H2,1H3/b19-16+. The molecule has 0 aliphatic carbocycles. The van der Waals surface area contributed by atoms with Gasteiger partial charge in [0.2, 0.25) is 5.78 Å². The zero-order valence-corrected chi connectivity index (χ0v) is 16.2. The summed E-state index contributed by atoms with van der Waals surface area (Å²) in [4.78, 5) is 24.9. The number of ether oxygens (including phenoxy) is 1. The van der Waals surface area contributed by atoms with E-state index < -0.39 is 11.8 Å². The number of carbonyl (C=O) groups excluding carboxylic acids is 2. The van der Waals surface area contributed by atoms with Crippen LogP contribution in [0.2, 0.25) is 5.02 Å². The van der Waals surface area contributed by atoms with Crippen molar-refractivity contribution in [2.75, 3.05) is 13.2 Å². The lowest BCUT2D eigenvalue weighted by atomic mass is 10.0. The second kappa shape index (κ2) is 11.2. The van der Waals surface area contributed by atoms with E-state index in [-0.39, 0.29) is 17.7 Å². The van der Waals surface area contributed by atoms with Crippen molar-refractivity contribution in [2.24, 2.45) is 0 Å². The van der Waals surface area contributed by atoms with E-state index in [2.05, 4.69) is 17.4 Å². The Hall–Kier alpha value is -2.59. The van der Waals surface area contributed by atoms with E-state index in [4.69, 9.17) is 16.3 Å². The van der Waals surface area contributed by atoms with Crippen molar-refractivity contribution in [1.29, 1.82) is 0 Å². The lowest BCUT2D eigenvalue weighted by molar-refractivity contribution is -0.138. The fourth-order valence-electron chi connectivity index (χ4n) is 2.59. The molecule has 0 saturated heterocycles. The summed E-state index contributed by atoms with van der Waals surface area (Å²) >= 11 is 6.09. The minimum absolute atomic E-state index is 0.0481. The molecule has 0 aliphatic heterocycles. The molecule has 27 heavy (non-hydrogen) atoms. The number of halogens is 1. The van der Waals surface area contributed by atoms with Gasteiger partial charge in [0.05, 0.1) is 11.6 Å². The van der Waals surface area contributed by atoms with Gasteiger partial charge in [0, 0.05) is 18.3 Å². The van der Waals surface area contributed by atoms with Gasteiger partial charge >= 0.3 is 5.97 Å². The predicted molar refractivity (Wildman–Crippen MR) is 108 cm³/mol. The minimum Gasteiger partial charge on any atom is -0.462 e. The fraction of sp³-hybridized carbons (Fsp3) is 0.273. The molecule has 0 atom stereocenters. The van der Waals surface area contributed by atoms with Crippen LogP contribution in [0.1, 0.15) is 35.7 Å². The molecule has 0 aliphatic rings. The quantitative estimate of drug-likeness (QED) is 0.162. The Morgan fingerprint density at radius 1 is 1.04 bits per heavy atom. The Bertz CT molecular complexity index is 787. The summed E-state index contributed by atoms with van der Waals surface area (Å²) in [7, 11) is 0. The SMILES string of the molecule is CCOC(=O)/C(=C/NCCCCc1ccccc1)C(=O)c1ccccc1Cl. The first-order valence-electron chi connectivity index (χ1n) is 9.07. The van der Waals surface area contributed by atoms with Gasteiger partial charge in [-0.15, -0.1) is 0 Å². The van der Waals surface area contributed by atoms with Crippen molar-refractivity contribution in [3.8, 4) is 0 Å². The number of hydrogen-bond acceptors (Lipinski definition) is 4.